The first-order chi connectivity index (χ1) is 19.5. The topological polar surface area (TPSA) is 150 Å². The highest BCUT2D eigenvalue weighted by atomic mass is 32.2. The molecule has 0 saturated heterocycles. The van der Waals surface area contributed by atoms with Crippen LogP contribution < -0.4 is 10.3 Å². The van der Waals surface area contributed by atoms with Gasteiger partial charge in [-0.25, -0.2) is 8.42 Å². The first kappa shape index (κ1) is 31.8. The molecular weight excluding hydrogens is 552 g/mol. The van der Waals surface area contributed by atoms with E-state index in [-0.39, 0.29) is 49.6 Å². The number of aromatic nitrogens is 3. The first-order valence-electron chi connectivity index (χ1n) is 13.6. The molecule has 0 radical (unpaired) electrons. The summed E-state index contributed by atoms with van der Waals surface area (Å²) < 4.78 is 46.3. The summed E-state index contributed by atoms with van der Waals surface area (Å²) in [6.45, 7) is 7.03. The predicted molar refractivity (Wildman–Crippen MR) is 153 cm³/mol. The molecule has 0 unspecified atom stereocenters. The third kappa shape index (κ3) is 7.94. The fraction of sp³-hybridized carbons (Fsp3) is 0.500. The molecule has 0 bridgehead atoms. The summed E-state index contributed by atoms with van der Waals surface area (Å²) >= 11 is 0. The van der Waals surface area contributed by atoms with Crippen LogP contribution in [0.3, 0.4) is 0 Å². The van der Waals surface area contributed by atoms with Gasteiger partial charge in [-0.1, -0.05) is 13.3 Å². The summed E-state index contributed by atoms with van der Waals surface area (Å²) in [5, 5.41) is 5.20. The first-order valence-corrected chi connectivity index (χ1v) is 15.1. The quantitative estimate of drug-likeness (QED) is 0.208. The van der Waals surface area contributed by atoms with Crippen molar-refractivity contribution in [3.63, 3.8) is 0 Å². The largest absolute Gasteiger partial charge is 0.493 e. The van der Waals surface area contributed by atoms with Gasteiger partial charge < -0.3 is 19.2 Å². The molecule has 0 fully saturated rings. The molecule has 2 heterocycles. The number of hydrogen-bond acceptors (Lipinski definition) is 9. The van der Waals surface area contributed by atoms with Crippen molar-refractivity contribution in [1.82, 2.24) is 19.1 Å². The Balaban J connectivity index is 2.05. The second-order valence-electron chi connectivity index (χ2n) is 9.48. The number of aryl methyl sites for hydroxylation is 2. The highest BCUT2D eigenvalue weighted by molar-refractivity contribution is 7.89. The number of rotatable bonds is 15. The molecule has 3 aromatic rings. The Morgan fingerprint density at radius 3 is 2.22 bits per heavy atom. The van der Waals surface area contributed by atoms with Crippen LogP contribution in [0.25, 0.3) is 22.2 Å². The summed E-state index contributed by atoms with van der Waals surface area (Å²) in [5.74, 6) is -0.488. The van der Waals surface area contributed by atoms with Gasteiger partial charge in [0.05, 0.1) is 36.1 Å². The van der Waals surface area contributed by atoms with Crippen molar-refractivity contribution in [2.45, 2.75) is 58.3 Å². The lowest BCUT2D eigenvalue weighted by atomic mass is 10.1. The van der Waals surface area contributed by atoms with Crippen LogP contribution in [-0.2, 0) is 42.6 Å². The van der Waals surface area contributed by atoms with Crippen molar-refractivity contribution in [1.29, 1.82) is 0 Å². The van der Waals surface area contributed by atoms with Gasteiger partial charge >= 0.3 is 11.9 Å². The lowest BCUT2D eigenvalue weighted by molar-refractivity contribution is -0.141. The van der Waals surface area contributed by atoms with E-state index >= 15 is 0 Å². The molecule has 41 heavy (non-hydrogen) atoms. The Hall–Kier alpha value is -3.71. The second kappa shape index (κ2) is 14.3. The summed E-state index contributed by atoms with van der Waals surface area (Å²) in [7, 11) is -2.33. The molecule has 12 nitrogen and oxygen atoms in total. The Labute approximate surface area is 239 Å². The van der Waals surface area contributed by atoms with Crippen molar-refractivity contribution >= 4 is 32.9 Å². The van der Waals surface area contributed by atoms with E-state index in [9.17, 15) is 22.8 Å². The number of H-pyrrole nitrogens is 1. The van der Waals surface area contributed by atoms with Crippen LogP contribution in [0.5, 0.6) is 5.75 Å². The molecule has 0 spiro atoms. The molecule has 3 rings (SSSR count). The molecule has 13 heteroatoms. The van der Waals surface area contributed by atoms with E-state index in [1.807, 2.05) is 13.8 Å². The number of sulfonamides is 1. The highest BCUT2D eigenvalue weighted by Gasteiger charge is 2.26. The van der Waals surface area contributed by atoms with Crippen molar-refractivity contribution in [2.24, 2.45) is 7.05 Å². The molecule has 0 saturated carbocycles. The molecule has 0 atom stereocenters. The molecule has 2 aromatic heterocycles. The number of carbonyl (C=O) groups excluding carboxylic acids is 2. The van der Waals surface area contributed by atoms with E-state index in [0.29, 0.717) is 40.9 Å². The standard InChI is InChI=1S/C28H38N4O8S/c1-6-10-24-23-18-25(29-28(35)27(23)31(5)30-24)22-17-21(11-12-26(22)38-7-2)41(36,37)32(13-8-15-39-19(3)33)14-9-16-40-20(4)34/h11-12,17-18H,6-10,13-16H2,1-5H3,(H,29,35). The maximum atomic E-state index is 13.8. The molecule has 0 aliphatic carbocycles. The zero-order valence-electron chi connectivity index (χ0n) is 24.2. The van der Waals surface area contributed by atoms with Crippen molar-refractivity contribution in [3.8, 4) is 17.0 Å². The number of esters is 2. The fourth-order valence-corrected chi connectivity index (χ4v) is 6.07. The average molecular weight is 591 g/mol. The number of fused-ring (bicyclic) bond motifs is 1. The zero-order chi connectivity index (χ0) is 30.2. The van der Waals surface area contributed by atoms with Gasteiger partial charge in [0.1, 0.15) is 11.3 Å². The highest BCUT2D eigenvalue weighted by Crippen LogP contribution is 2.33. The van der Waals surface area contributed by atoms with E-state index in [2.05, 4.69) is 10.1 Å². The van der Waals surface area contributed by atoms with Gasteiger partial charge in [0.2, 0.25) is 10.0 Å². The Morgan fingerprint density at radius 1 is 1.02 bits per heavy atom. The number of carbonyl (C=O) groups is 2. The minimum atomic E-state index is -4.04. The number of nitrogens with one attached hydrogen (secondary N) is 1. The van der Waals surface area contributed by atoms with E-state index in [4.69, 9.17) is 14.2 Å². The van der Waals surface area contributed by atoms with Crippen molar-refractivity contribution in [3.05, 3.63) is 40.3 Å². The minimum Gasteiger partial charge on any atom is -0.493 e. The van der Waals surface area contributed by atoms with Crippen LogP contribution in [-0.4, -0.2) is 72.3 Å². The van der Waals surface area contributed by atoms with Crippen LogP contribution in [0.4, 0.5) is 0 Å². The maximum Gasteiger partial charge on any atom is 0.302 e. The molecule has 0 aliphatic rings. The summed E-state index contributed by atoms with van der Waals surface area (Å²) in [6.07, 6.45) is 2.09. The molecule has 1 N–H and O–H groups in total. The lowest BCUT2D eigenvalue weighted by Crippen LogP contribution is -2.34. The van der Waals surface area contributed by atoms with E-state index < -0.39 is 22.0 Å². The van der Waals surface area contributed by atoms with Crippen molar-refractivity contribution in [2.75, 3.05) is 32.9 Å². The summed E-state index contributed by atoms with van der Waals surface area (Å²) in [5.41, 5.74) is 1.70. The summed E-state index contributed by atoms with van der Waals surface area (Å²) in [4.78, 5) is 38.3. The van der Waals surface area contributed by atoms with Crippen LogP contribution in [0.1, 0.15) is 52.7 Å². The van der Waals surface area contributed by atoms with Gasteiger partial charge in [0.15, 0.2) is 0 Å². The number of aromatic amines is 1. The number of ether oxygens (including phenoxy) is 3. The Bertz CT molecular complexity index is 1520. The summed E-state index contributed by atoms with van der Waals surface area (Å²) in [6, 6.07) is 6.32. The predicted octanol–water partition coefficient (Wildman–Crippen LogP) is 3.18. The SMILES string of the molecule is CCCc1nn(C)c2c(=O)[nH]c(-c3cc(S(=O)(=O)N(CCCOC(C)=O)CCCOC(C)=O)ccc3OCC)cc12. The molecule has 224 valence electrons. The monoisotopic (exact) mass is 590 g/mol. The van der Waals surface area contributed by atoms with Gasteiger partial charge in [-0.2, -0.15) is 9.40 Å². The third-order valence-electron chi connectivity index (χ3n) is 6.29. The van der Waals surface area contributed by atoms with Crippen LogP contribution in [0, 0.1) is 0 Å². The van der Waals surface area contributed by atoms with E-state index in [0.717, 1.165) is 12.1 Å². The van der Waals surface area contributed by atoms with Gasteiger partial charge in [-0.3, -0.25) is 19.1 Å². The Kier molecular flexibility index (Phi) is 11.1. The van der Waals surface area contributed by atoms with Gasteiger partial charge in [0, 0.05) is 44.9 Å². The number of pyridine rings is 1. The normalized spacial score (nSPS) is 11.7. The zero-order valence-corrected chi connectivity index (χ0v) is 25.0. The van der Waals surface area contributed by atoms with Crippen LogP contribution in [0.15, 0.2) is 34.0 Å². The number of nitrogens with zero attached hydrogens (tertiary/aromatic N) is 3. The molecule has 0 aliphatic heterocycles. The number of benzene rings is 1. The van der Waals surface area contributed by atoms with Crippen LogP contribution in [0.2, 0.25) is 0 Å². The smallest absolute Gasteiger partial charge is 0.302 e. The molecule has 1 aromatic carbocycles. The van der Waals surface area contributed by atoms with E-state index in [1.165, 1.54) is 30.3 Å². The van der Waals surface area contributed by atoms with Gasteiger partial charge in [-0.15, -0.1) is 0 Å². The average Bonchev–Trinajstić information content (AvgIpc) is 3.23. The van der Waals surface area contributed by atoms with Crippen LogP contribution >= 0.6 is 0 Å². The van der Waals surface area contributed by atoms with Gasteiger partial charge in [0.25, 0.3) is 5.56 Å². The van der Waals surface area contributed by atoms with Gasteiger partial charge in [-0.05, 0) is 50.5 Å². The second-order valence-corrected chi connectivity index (χ2v) is 11.4. The fourth-order valence-electron chi connectivity index (χ4n) is 4.52. The lowest BCUT2D eigenvalue weighted by Gasteiger charge is -2.23. The minimum absolute atomic E-state index is 0.00293. The maximum absolute atomic E-state index is 13.8. The molecular formula is C28H38N4O8S. The Morgan fingerprint density at radius 2 is 1.66 bits per heavy atom. The third-order valence-corrected chi connectivity index (χ3v) is 8.19. The number of hydrogen-bond donors (Lipinski definition) is 1. The van der Waals surface area contributed by atoms with E-state index in [1.54, 1.807) is 23.9 Å². The van der Waals surface area contributed by atoms with Crippen molar-refractivity contribution < 1.29 is 32.2 Å². The molecule has 0 amide bonds.